The number of nitrogens with zero attached hydrogens (tertiary/aromatic N) is 1. The molecule has 0 heterocycles. The topological polar surface area (TPSA) is 43.1 Å². The van der Waals surface area contributed by atoms with Crippen LogP contribution in [0.15, 0.2) is 36.4 Å². The minimum Gasteiger partial charge on any atom is -0.258 e. The molecule has 0 spiro atoms. The van der Waals surface area contributed by atoms with Gasteiger partial charge in [-0.1, -0.05) is 46.9 Å². The van der Waals surface area contributed by atoms with Crippen LogP contribution in [0, 0.1) is 10.1 Å². The van der Waals surface area contributed by atoms with Crippen molar-refractivity contribution >= 4 is 40.5 Å². The lowest BCUT2D eigenvalue weighted by molar-refractivity contribution is -0.384. The number of hydrogen-bond donors (Lipinski definition) is 0. The quantitative estimate of drug-likeness (QED) is 0.563. The molecule has 0 saturated heterocycles. The van der Waals surface area contributed by atoms with Crippen LogP contribution < -0.4 is 0 Å². The molecule has 0 aliphatic rings. The molecule has 2 aromatic carbocycles. The van der Waals surface area contributed by atoms with Crippen LogP contribution in [-0.4, -0.2) is 4.92 Å². The van der Waals surface area contributed by atoms with Crippen LogP contribution in [0.1, 0.15) is 0 Å². The molecule has 18 heavy (non-hydrogen) atoms. The number of rotatable bonds is 2. The Kier molecular flexibility index (Phi) is 3.76. The highest BCUT2D eigenvalue weighted by Crippen LogP contribution is 2.40. The number of benzene rings is 2. The Morgan fingerprint density at radius 3 is 2.33 bits per heavy atom. The first kappa shape index (κ1) is 13.1. The minimum absolute atomic E-state index is 0.0910. The van der Waals surface area contributed by atoms with Gasteiger partial charge in [-0.15, -0.1) is 0 Å². The molecule has 0 bridgehead atoms. The van der Waals surface area contributed by atoms with Crippen LogP contribution in [0.5, 0.6) is 0 Å². The fourth-order valence-electron chi connectivity index (χ4n) is 1.62. The standard InChI is InChI=1S/C12H6Cl3NO2/c13-7-4-5-8(10(15)6-7)12-9(14)2-1-3-11(12)16(17)18/h1-6H. The second-order valence-corrected chi connectivity index (χ2v) is 4.77. The molecule has 0 aliphatic carbocycles. The lowest BCUT2D eigenvalue weighted by Crippen LogP contribution is -1.93. The summed E-state index contributed by atoms with van der Waals surface area (Å²) in [5, 5.41) is 12.1. The predicted molar refractivity (Wildman–Crippen MR) is 73.6 cm³/mol. The summed E-state index contributed by atoms with van der Waals surface area (Å²) in [4.78, 5) is 10.5. The first-order valence-corrected chi connectivity index (χ1v) is 6.02. The average Bonchev–Trinajstić information content (AvgIpc) is 2.29. The van der Waals surface area contributed by atoms with Crippen LogP contribution in [0.2, 0.25) is 15.1 Å². The van der Waals surface area contributed by atoms with Gasteiger partial charge >= 0.3 is 0 Å². The van der Waals surface area contributed by atoms with Crippen molar-refractivity contribution in [3.8, 4) is 11.1 Å². The van der Waals surface area contributed by atoms with Crippen molar-refractivity contribution in [1.82, 2.24) is 0 Å². The third kappa shape index (κ3) is 2.43. The maximum Gasteiger partial charge on any atom is 0.278 e. The van der Waals surface area contributed by atoms with Crippen LogP contribution in [0.25, 0.3) is 11.1 Å². The van der Waals surface area contributed by atoms with E-state index < -0.39 is 4.92 Å². The molecule has 0 N–H and O–H groups in total. The van der Waals surface area contributed by atoms with Crippen molar-refractivity contribution in [3.63, 3.8) is 0 Å². The Bertz CT molecular complexity index is 629. The SMILES string of the molecule is O=[N+]([O-])c1cccc(Cl)c1-c1ccc(Cl)cc1Cl. The van der Waals surface area contributed by atoms with Crippen molar-refractivity contribution in [3.05, 3.63) is 61.6 Å². The first-order chi connectivity index (χ1) is 8.50. The van der Waals surface area contributed by atoms with Crippen molar-refractivity contribution in [2.24, 2.45) is 0 Å². The van der Waals surface area contributed by atoms with Gasteiger partial charge in [-0.2, -0.15) is 0 Å². The van der Waals surface area contributed by atoms with E-state index in [-0.39, 0.29) is 10.7 Å². The van der Waals surface area contributed by atoms with Gasteiger partial charge in [0, 0.05) is 16.7 Å². The maximum atomic E-state index is 11.0. The molecule has 92 valence electrons. The van der Waals surface area contributed by atoms with E-state index >= 15 is 0 Å². The zero-order valence-electron chi connectivity index (χ0n) is 8.86. The highest BCUT2D eigenvalue weighted by molar-refractivity contribution is 6.38. The summed E-state index contributed by atoms with van der Waals surface area (Å²) in [6, 6.07) is 9.22. The highest BCUT2D eigenvalue weighted by atomic mass is 35.5. The Morgan fingerprint density at radius 1 is 1.00 bits per heavy atom. The molecule has 0 radical (unpaired) electrons. The van der Waals surface area contributed by atoms with Gasteiger partial charge in [-0.3, -0.25) is 10.1 Å². The summed E-state index contributed by atoms with van der Waals surface area (Å²) in [7, 11) is 0. The molecule has 0 unspecified atom stereocenters. The average molecular weight is 303 g/mol. The first-order valence-electron chi connectivity index (χ1n) is 4.89. The van der Waals surface area contributed by atoms with Crippen molar-refractivity contribution in [2.75, 3.05) is 0 Å². The van der Waals surface area contributed by atoms with E-state index in [0.29, 0.717) is 21.2 Å². The Morgan fingerprint density at radius 2 is 1.72 bits per heavy atom. The summed E-state index contributed by atoms with van der Waals surface area (Å²) in [5.41, 5.74) is 0.691. The third-order valence-electron chi connectivity index (χ3n) is 2.39. The van der Waals surface area contributed by atoms with Crippen molar-refractivity contribution < 1.29 is 4.92 Å². The van der Waals surface area contributed by atoms with Gasteiger partial charge in [0.2, 0.25) is 0 Å². The maximum absolute atomic E-state index is 11.0. The van der Waals surface area contributed by atoms with Crippen LogP contribution >= 0.6 is 34.8 Å². The number of halogens is 3. The molecular weight excluding hydrogens is 296 g/mol. The molecule has 0 fully saturated rings. The minimum atomic E-state index is -0.494. The Labute approximate surface area is 118 Å². The Hall–Kier alpha value is -1.29. The predicted octanol–water partition coefficient (Wildman–Crippen LogP) is 5.22. The van der Waals surface area contributed by atoms with Gasteiger partial charge in [0.15, 0.2) is 0 Å². The summed E-state index contributed by atoms with van der Waals surface area (Å²) >= 11 is 17.9. The number of nitro groups is 1. The molecule has 0 aliphatic heterocycles. The van der Waals surface area contributed by atoms with Gasteiger partial charge < -0.3 is 0 Å². The lowest BCUT2D eigenvalue weighted by Gasteiger charge is -2.07. The molecular formula is C12H6Cl3NO2. The highest BCUT2D eigenvalue weighted by Gasteiger charge is 2.20. The molecule has 2 aromatic rings. The lowest BCUT2D eigenvalue weighted by atomic mass is 10.0. The van der Waals surface area contributed by atoms with E-state index in [2.05, 4.69) is 0 Å². The second kappa shape index (κ2) is 5.14. The largest absolute Gasteiger partial charge is 0.278 e. The smallest absolute Gasteiger partial charge is 0.258 e. The summed E-state index contributed by atoms with van der Waals surface area (Å²) in [6.45, 7) is 0. The van der Waals surface area contributed by atoms with Crippen molar-refractivity contribution in [1.29, 1.82) is 0 Å². The normalized spacial score (nSPS) is 10.4. The van der Waals surface area contributed by atoms with Gasteiger partial charge in [-0.05, 0) is 18.2 Å². The molecule has 3 nitrogen and oxygen atoms in total. The van der Waals surface area contributed by atoms with E-state index in [9.17, 15) is 10.1 Å². The molecule has 0 saturated carbocycles. The zero-order chi connectivity index (χ0) is 13.3. The molecule has 2 rings (SSSR count). The summed E-state index contributed by atoms with van der Waals surface area (Å²) < 4.78 is 0. The monoisotopic (exact) mass is 301 g/mol. The molecule has 6 heteroatoms. The molecule has 0 atom stereocenters. The molecule has 0 amide bonds. The third-order valence-corrected chi connectivity index (χ3v) is 3.25. The number of hydrogen-bond acceptors (Lipinski definition) is 2. The van der Waals surface area contributed by atoms with Gasteiger partial charge in [0.05, 0.1) is 20.5 Å². The van der Waals surface area contributed by atoms with Gasteiger partial charge in [-0.25, -0.2) is 0 Å². The summed E-state index contributed by atoms with van der Waals surface area (Å²) in [5.74, 6) is 0. The van der Waals surface area contributed by atoms with Gasteiger partial charge in [0.25, 0.3) is 5.69 Å². The van der Waals surface area contributed by atoms with E-state index in [1.807, 2.05) is 0 Å². The Balaban J connectivity index is 2.74. The van der Waals surface area contributed by atoms with Gasteiger partial charge in [0.1, 0.15) is 0 Å². The fraction of sp³-hybridized carbons (Fsp3) is 0. The zero-order valence-corrected chi connectivity index (χ0v) is 11.1. The van der Waals surface area contributed by atoms with Crippen LogP contribution in [0.3, 0.4) is 0 Å². The van der Waals surface area contributed by atoms with Crippen LogP contribution in [-0.2, 0) is 0 Å². The summed E-state index contributed by atoms with van der Waals surface area (Å²) in [6.07, 6.45) is 0. The molecule has 0 aromatic heterocycles. The van der Waals surface area contributed by atoms with E-state index in [1.165, 1.54) is 18.2 Å². The van der Waals surface area contributed by atoms with Crippen LogP contribution in [0.4, 0.5) is 5.69 Å². The van der Waals surface area contributed by atoms with E-state index in [4.69, 9.17) is 34.8 Å². The van der Waals surface area contributed by atoms with E-state index in [1.54, 1.807) is 18.2 Å². The second-order valence-electron chi connectivity index (χ2n) is 3.52. The van der Waals surface area contributed by atoms with Crippen molar-refractivity contribution in [2.45, 2.75) is 0 Å². The number of nitro benzene ring substituents is 1. The fourth-order valence-corrected chi connectivity index (χ4v) is 2.40. The van der Waals surface area contributed by atoms with E-state index in [0.717, 1.165) is 0 Å².